The Balaban J connectivity index is 1.28. The van der Waals surface area contributed by atoms with E-state index in [2.05, 4.69) is 6.92 Å². The Morgan fingerprint density at radius 2 is 1.97 bits per heavy atom. The number of esters is 1. The lowest BCUT2D eigenvalue weighted by Crippen LogP contribution is -2.59. The van der Waals surface area contributed by atoms with E-state index in [9.17, 15) is 25.2 Å². The molecule has 8 nitrogen and oxygen atoms in total. The van der Waals surface area contributed by atoms with Crippen molar-refractivity contribution in [1.29, 1.82) is 0 Å². The summed E-state index contributed by atoms with van der Waals surface area (Å²) in [5, 5.41) is 39.2. The maximum atomic E-state index is 11.8. The second-order valence-electron chi connectivity index (χ2n) is 9.81. The number of carbonyl (C=O) groups is 1. The molecule has 0 spiro atoms. The fraction of sp³-hybridized carbons (Fsp3) is 0.952. The molecule has 2 saturated heterocycles. The smallest absolute Gasteiger partial charge is 0.309 e. The summed E-state index contributed by atoms with van der Waals surface area (Å²) in [4.78, 5) is 11.8. The molecule has 2 heterocycles. The van der Waals surface area contributed by atoms with Crippen molar-refractivity contribution < 1.29 is 39.4 Å². The first-order chi connectivity index (χ1) is 13.7. The lowest BCUT2D eigenvalue weighted by Gasteiger charge is -2.40. The number of carbonyl (C=O) groups excluding carboxylic acids is 1. The minimum Gasteiger partial charge on any atom is -0.462 e. The van der Waals surface area contributed by atoms with E-state index in [1.807, 2.05) is 13.8 Å². The molecular weight excluding hydrogens is 380 g/mol. The van der Waals surface area contributed by atoms with E-state index in [1.54, 1.807) is 0 Å². The third-order valence-electron chi connectivity index (χ3n) is 8.10. The summed E-state index contributed by atoms with van der Waals surface area (Å²) in [5.74, 6) is 1.47. The average Bonchev–Trinajstić information content (AvgIpc) is 3.16. The van der Waals surface area contributed by atoms with Gasteiger partial charge >= 0.3 is 5.97 Å². The van der Waals surface area contributed by atoms with Gasteiger partial charge in [-0.2, -0.15) is 0 Å². The summed E-state index contributed by atoms with van der Waals surface area (Å²) < 4.78 is 16.8. The Kier molecular flexibility index (Phi) is 5.72. The van der Waals surface area contributed by atoms with E-state index in [0.29, 0.717) is 17.8 Å². The molecule has 0 bridgehead atoms. The largest absolute Gasteiger partial charge is 0.462 e. The van der Waals surface area contributed by atoms with Crippen LogP contribution in [-0.4, -0.2) is 75.9 Å². The van der Waals surface area contributed by atoms with Crippen molar-refractivity contribution >= 4 is 5.97 Å². The molecule has 0 aromatic heterocycles. The third-order valence-corrected chi connectivity index (χ3v) is 8.10. The fourth-order valence-corrected chi connectivity index (χ4v) is 6.04. The number of rotatable bonds is 6. The van der Waals surface area contributed by atoms with Gasteiger partial charge in [0.15, 0.2) is 6.29 Å². The van der Waals surface area contributed by atoms with Crippen molar-refractivity contribution in [2.24, 2.45) is 29.1 Å². The molecule has 4 N–H and O–H groups in total. The molecule has 166 valence electrons. The molecule has 2 aliphatic carbocycles. The number of aliphatic hydroxyl groups excluding tert-OH is 4. The highest BCUT2D eigenvalue weighted by atomic mass is 16.7. The summed E-state index contributed by atoms with van der Waals surface area (Å²) in [7, 11) is 0. The molecule has 0 aromatic rings. The summed E-state index contributed by atoms with van der Waals surface area (Å²) in [5.41, 5.74) is 0.217. The molecule has 0 unspecified atom stereocenters. The van der Waals surface area contributed by atoms with Crippen LogP contribution in [-0.2, 0) is 19.0 Å². The number of aliphatic hydroxyl groups is 4. The van der Waals surface area contributed by atoms with E-state index < -0.39 is 37.3 Å². The molecule has 4 fully saturated rings. The van der Waals surface area contributed by atoms with E-state index in [1.165, 1.54) is 0 Å². The number of ether oxygens (including phenoxy) is 3. The summed E-state index contributed by atoms with van der Waals surface area (Å²) in [6.45, 7) is 5.70. The Labute approximate surface area is 171 Å². The number of hydrogen-bond donors (Lipinski definition) is 4. The lowest BCUT2D eigenvalue weighted by atomic mass is 9.77. The van der Waals surface area contributed by atoms with Gasteiger partial charge in [0, 0.05) is 5.92 Å². The first kappa shape index (κ1) is 21.5. The highest BCUT2D eigenvalue weighted by Gasteiger charge is 2.67. The molecular formula is C21H34O8. The normalized spacial score (nSPS) is 52.4. The molecule has 4 rings (SSSR count). The van der Waals surface area contributed by atoms with Crippen molar-refractivity contribution in [3.63, 3.8) is 0 Å². The van der Waals surface area contributed by atoms with Crippen LogP contribution >= 0.6 is 0 Å². The molecule has 29 heavy (non-hydrogen) atoms. The highest BCUT2D eigenvalue weighted by molar-refractivity contribution is 5.75. The van der Waals surface area contributed by atoms with Gasteiger partial charge in [0.25, 0.3) is 0 Å². The van der Waals surface area contributed by atoms with Crippen LogP contribution in [0.2, 0.25) is 0 Å². The summed E-state index contributed by atoms with van der Waals surface area (Å²) in [6.07, 6.45) is -2.64. The first-order valence-electron chi connectivity index (χ1n) is 10.8. The Morgan fingerprint density at radius 3 is 2.66 bits per heavy atom. The Hall–Kier alpha value is -0.770. The van der Waals surface area contributed by atoms with Gasteiger partial charge in [0.1, 0.15) is 30.5 Å². The van der Waals surface area contributed by atoms with Crippen molar-refractivity contribution in [3.05, 3.63) is 0 Å². The first-order valence-corrected chi connectivity index (χ1v) is 10.8. The molecule has 0 amide bonds. The third kappa shape index (κ3) is 3.62. The lowest BCUT2D eigenvalue weighted by molar-refractivity contribution is -0.310. The minimum atomic E-state index is -1.42. The molecule has 2 saturated carbocycles. The minimum absolute atomic E-state index is 0.000700. The fourth-order valence-electron chi connectivity index (χ4n) is 6.04. The zero-order valence-corrected chi connectivity index (χ0v) is 17.3. The van der Waals surface area contributed by atoms with Crippen LogP contribution in [0.1, 0.15) is 46.5 Å². The molecule has 0 aromatic carbocycles. The molecule has 8 heteroatoms. The maximum absolute atomic E-state index is 11.8. The van der Waals surface area contributed by atoms with E-state index in [-0.39, 0.29) is 29.5 Å². The standard InChI is InChI=1S/C21H34O8/c1-9(27-20-18(25)17(24)16(23)15(8-22)29-20)4-5-12-13-6-11-10(2)19(26)28-14(11)7-21(12,13)3/h9-18,20,22-25H,4-8H2,1-3H3/t9-,10+,11-,12+,13+,14-,15-,16-,17+,18-,20-,21-/m1/s1. The van der Waals surface area contributed by atoms with E-state index in [4.69, 9.17) is 14.2 Å². The summed E-state index contributed by atoms with van der Waals surface area (Å²) >= 11 is 0. The molecule has 0 radical (unpaired) electrons. The second kappa shape index (κ2) is 7.73. The van der Waals surface area contributed by atoms with Crippen molar-refractivity contribution in [2.75, 3.05) is 6.61 Å². The number of fused-ring (bicyclic) bond motifs is 2. The zero-order valence-electron chi connectivity index (χ0n) is 17.3. The van der Waals surface area contributed by atoms with Gasteiger partial charge in [-0.25, -0.2) is 0 Å². The van der Waals surface area contributed by atoms with Crippen LogP contribution in [0, 0.1) is 29.1 Å². The van der Waals surface area contributed by atoms with Gasteiger partial charge in [-0.15, -0.1) is 0 Å². The van der Waals surface area contributed by atoms with E-state index in [0.717, 1.165) is 25.7 Å². The topological polar surface area (TPSA) is 126 Å². The van der Waals surface area contributed by atoms with Gasteiger partial charge in [-0.05, 0) is 49.9 Å². The van der Waals surface area contributed by atoms with Crippen molar-refractivity contribution in [2.45, 2.75) is 89.4 Å². The predicted octanol–water partition coefficient (Wildman–Crippen LogP) is 0.195. The predicted molar refractivity (Wildman–Crippen MR) is 100 cm³/mol. The average molecular weight is 414 g/mol. The van der Waals surface area contributed by atoms with Crippen molar-refractivity contribution in [3.8, 4) is 0 Å². The Bertz CT molecular complexity index is 626. The SMILES string of the molecule is C[C@H](CC[C@H]1[C@@H]2C[C@@H]3[C@H](C)C(=O)O[C@@H]3C[C@]12C)O[C@@H]1O[C@H](CO)[C@@H](O)[C@H](O)[C@H]1O. The van der Waals surface area contributed by atoms with Gasteiger partial charge in [-0.1, -0.05) is 13.8 Å². The molecule has 4 aliphatic rings. The van der Waals surface area contributed by atoms with E-state index >= 15 is 0 Å². The van der Waals surface area contributed by atoms with Crippen LogP contribution in [0.5, 0.6) is 0 Å². The van der Waals surface area contributed by atoms with Crippen LogP contribution in [0.25, 0.3) is 0 Å². The van der Waals surface area contributed by atoms with Gasteiger partial charge in [-0.3, -0.25) is 4.79 Å². The summed E-state index contributed by atoms with van der Waals surface area (Å²) in [6, 6.07) is 0. The van der Waals surface area contributed by atoms with Gasteiger partial charge in [0.05, 0.1) is 18.6 Å². The van der Waals surface area contributed by atoms with Gasteiger partial charge < -0.3 is 34.6 Å². The van der Waals surface area contributed by atoms with Crippen LogP contribution in [0.15, 0.2) is 0 Å². The zero-order chi connectivity index (χ0) is 21.1. The van der Waals surface area contributed by atoms with Crippen molar-refractivity contribution in [1.82, 2.24) is 0 Å². The molecule has 2 aliphatic heterocycles. The monoisotopic (exact) mass is 414 g/mol. The quantitative estimate of drug-likeness (QED) is 0.454. The van der Waals surface area contributed by atoms with Gasteiger partial charge in [0.2, 0.25) is 0 Å². The number of hydrogen-bond acceptors (Lipinski definition) is 8. The maximum Gasteiger partial charge on any atom is 0.309 e. The second-order valence-corrected chi connectivity index (χ2v) is 9.81. The Morgan fingerprint density at radius 1 is 1.24 bits per heavy atom. The van der Waals surface area contributed by atoms with Crippen LogP contribution in [0.4, 0.5) is 0 Å². The van der Waals surface area contributed by atoms with Crippen LogP contribution in [0.3, 0.4) is 0 Å². The molecule has 12 atom stereocenters. The van der Waals surface area contributed by atoms with Crippen LogP contribution < -0.4 is 0 Å². The highest BCUT2D eigenvalue weighted by Crippen LogP contribution is 2.70.